The van der Waals surface area contributed by atoms with Gasteiger partial charge in [0, 0.05) is 5.02 Å². The van der Waals surface area contributed by atoms with E-state index in [0.717, 1.165) is 28.3 Å². The van der Waals surface area contributed by atoms with Gasteiger partial charge in [0.05, 0.1) is 18.7 Å². The number of aromatic nitrogens is 3. The van der Waals surface area contributed by atoms with Crippen molar-refractivity contribution in [1.29, 1.82) is 0 Å². The Morgan fingerprint density at radius 2 is 1.85 bits per heavy atom. The minimum atomic E-state index is 0.0346. The fourth-order valence-corrected chi connectivity index (χ4v) is 3.46. The molecule has 26 heavy (non-hydrogen) atoms. The SMILES string of the molecule is CCOc1ccc([C@@H]2C[C@@H](c3ccc(Cl)cc3)Nc3nc(N)nn32)cc1. The van der Waals surface area contributed by atoms with Gasteiger partial charge in [-0.1, -0.05) is 35.9 Å². The number of nitrogen functional groups attached to an aromatic ring is 1. The monoisotopic (exact) mass is 369 g/mol. The first-order valence-electron chi connectivity index (χ1n) is 8.61. The van der Waals surface area contributed by atoms with Crippen LogP contribution in [0.2, 0.25) is 5.02 Å². The average Bonchev–Trinajstić information content (AvgIpc) is 3.02. The molecule has 0 saturated carbocycles. The summed E-state index contributed by atoms with van der Waals surface area (Å²) in [5.74, 6) is 1.80. The second kappa shape index (κ2) is 6.88. The molecule has 6 nitrogen and oxygen atoms in total. The lowest BCUT2D eigenvalue weighted by Crippen LogP contribution is -2.28. The predicted octanol–water partition coefficient (Wildman–Crippen LogP) is 4.06. The van der Waals surface area contributed by atoms with Crippen LogP contribution in [0.3, 0.4) is 0 Å². The minimum absolute atomic E-state index is 0.0346. The van der Waals surface area contributed by atoms with E-state index in [9.17, 15) is 0 Å². The average molecular weight is 370 g/mol. The Bertz CT molecular complexity index is 891. The highest BCUT2D eigenvalue weighted by Gasteiger charge is 2.30. The number of halogens is 1. The van der Waals surface area contributed by atoms with Crippen molar-refractivity contribution in [2.24, 2.45) is 0 Å². The molecule has 7 heteroatoms. The number of nitrogens with two attached hydrogens (primary N) is 1. The largest absolute Gasteiger partial charge is 0.494 e. The van der Waals surface area contributed by atoms with Crippen molar-refractivity contribution in [3.63, 3.8) is 0 Å². The highest BCUT2D eigenvalue weighted by molar-refractivity contribution is 6.30. The molecule has 3 aromatic rings. The van der Waals surface area contributed by atoms with Crippen LogP contribution in [0.5, 0.6) is 5.75 Å². The summed E-state index contributed by atoms with van der Waals surface area (Å²) in [5.41, 5.74) is 8.14. The van der Waals surface area contributed by atoms with Gasteiger partial charge >= 0.3 is 0 Å². The van der Waals surface area contributed by atoms with Crippen molar-refractivity contribution in [3.05, 3.63) is 64.7 Å². The standard InChI is InChI=1S/C19H20ClN5O/c1-2-26-15-9-5-13(6-10-15)17-11-16(12-3-7-14(20)8-4-12)22-19-23-18(21)24-25(17)19/h3-10,16-17H,2,11H2,1H3,(H3,21,22,23,24)/t16-,17-/m0/s1. The molecule has 2 aromatic carbocycles. The van der Waals surface area contributed by atoms with Crippen molar-refractivity contribution >= 4 is 23.5 Å². The Kier molecular flexibility index (Phi) is 4.42. The van der Waals surface area contributed by atoms with Gasteiger partial charge in [0.1, 0.15) is 5.75 Å². The van der Waals surface area contributed by atoms with E-state index in [0.29, 0.717) is 12.6 Å². The highest BCUT2D eigenvalue weighted by atomic mass is 35.5. The van der Waals surface area contributed by atoms with E-state index >= 15 is 0 Å². The van der Waals surface area contributed by atoms with E-state index in [1.165, 1.54) is 0 Å². The molecule has 2 atom stereocenters. The van der Waals surface area contributed by atoms with Gasteiger partial charge in [-0.2, -0.15) is 4.98 Å². The third kappa shape index (κ3) is 3.20. The maximum atomic E-state index is 6.02. The second-order valence-electron chi connectivity index (χ2n) is 6.24. The van der Waals surface area contributed by atoms with Gasteiger partial charge in [0.2, 0.25) is 11.9 Å². The number of rotatable bonds is 4. The van der Waals surface area contributed by atoms with Crippen LogP contribution in [0.1, 0.15) is 36.6 Å². The van der Waals surface area contributed by atoms with Crippen molar-refractivity contribution in [2.75, 3.05) is 17.7 Å². The molecule has 0 aliphatic carbocycles. The van der Waals surface area contributed by atoms with Crippen LogP contribution in [0.15, 0.2) is 48.5 Å². The van der Waals surface area contributed by atoms with Gasteiger partial charge in [-0.15, -0.1) is 5.10 Å². The highest BCUT2D eigenvalue weighted by Crippen LogP contribution is 2.38. The number of hydrogen-bond acceptors (Lipinski definition) is 5. The molecule has 2 heterocycles. The Morgan fingerprint density at radius 1 is 1.15 bits per heavy atom. The van der Waals surface area contributed by atoms with Crippen LogP contribution in [-0.4, -0.2) is 21.4 Å². The van der Waals surface area contributed by atoms with E-state index in [1.54, 1.807) is 0 Å². The predicted molar refractivity (Wildman–Crippen MR) is 103 cm³/mol. The Morgan fingerprint density at radius 3 is 2.54 bits per heavy atom. The number of hydrogen-bond donors (Lipinski definition) is 2. The lowest BCUT2D eigenvalue weighted by molar-refractivity contribution is 0.340. The molecule has 0 spiro atoms. The summed E-state index contributed by atoms with van der Waals surface area (Å²) in [6.07, 6.45) is 0.825. The molecule has 4 rings (SSSR count). The molecule has 1 aliphatic rings. The van der Waals surface area contributed by atoms with Crippen LogP contribution >= 0.6 is 11.6 Å². The first-order chi connectivity index (χ1) is 12.6. The second-order valence-corrected chi connectivity index (χ2v) is 6.68. The molecule has 0 radical (unpaired) electrons. The van der Waals surface area contributed by atoms with E-state index in [1.807, 2.05) is 48.0 Å². The quantitative estimate of drug-likeness (QED) is 0.725. The number of anilines is 2. The van der Waals surface area contributed by atoms with Crippen LogP contribution in [0.4, 0.5) is 11.9 Å². The molecule has 0 fully saturated rings. The van der Waals surface area contributed by atoms with Crippen LogP contribution in [-0.2, 0) is 0 Å². The van der Waals surface area contributed by atoms with Crippen molar-refractivity contribution in [3.8, 4) is 5.75 Å². The molecule has 0 amide bonds. The third-order valence-electron chi connectivity index (χ3n) is 4.55. The van der Waals surface area contributed by atoms with E-state index < -0.39 is 0 Å². The first kappa shape index (κ1) is 16.7. The van der Waals surface area contributed by atoms with Crippen LogP contribution in [0.25, 0.3) is 0 Å². The first-order valence-corrected chi connectivity index (χ1v) is 8.98. The van der Waals surface area contributed by atoms with Crippen molar-refractivity contribution in [2.45, 2.75) is 25.4 Å². The van der Waals surface area contributed by atoms with Gasteiger partial charge in [-0.3, -0.25) is 0 Å². The zero-order chi connectivity index (χ0) is 18.1. The van der Waals surface area contributed by atoms with Crippen molar-refractivity contribution in [1.82, 2.24) is 14.8 Å². The molecule has 0 saturated heterocycles. The lowest BCUT2D eigenvalue weighted by atomic mass is 9.93. The number of benzene rings is 2. The topological polar surface area (TPSA) is 78.0 Å². The summed E-state index contributed by atoms with van der Waals surface area (Å²) in [4.78, 5) is 4.34. The smallest absolute Gasteiger partial charge is 0.241 e. The maximum absolute atomic E-state index is 6.02. The molecular formula is C19H20ClN5O. The molecule has 0 bridgehead atoms. The van der Waals surface area contributed by atoms with E-state index in [-0.39, 0.29) is 18.0 Å². The summed E-state index contributed by atoms with van der Waals surface area (Å²) in [7, 11) is 0. The summed E-state index contributed by atoms with van der Waals surface area (Å²) in [6.45, 7) is 2.62. The fraction of sp³-hybridized carbons (Fsp3) is 0.263. The van der Waals surface area contributed by atoms with Crippen LogP contribution < -0.4 is 15.8 Å². The van der Waals surface area contributed by atoms with Gasteiger partial charge in [-0.25, -0.2) is 4.68 Å². The minimum Gasteiger partial charge on any atom is -0.494 e. The van der Waals surface area contributed by atoms with Gasteiger partial charge in [-0.05, 0) is 48.7 Å². The molecular weight excluding hydrogens is 350 g/mol. The molecule has 0 unspecified atom stereocenters. The Hall–Kier alpha value is -2.73. The van der Waals surface area contributed by atoms with Crippen molar-refractivity contribution < 1.29 is 4.74 Å². The zero-order valence-corrected chi connectivity index (χ0v) is 15.1. The lowest BCUT2D eigenvalue weighted by Gasteiger charge is -2.31. The number of nitrogens with one attached hydrogen (secondary N) is 1. The Balaban J connectivity index is 1.69. The number of ether oxygens (including phenoxy) is 1. The number of nitrogens with zero attached hydrogens (tertiary/aromatic N) is 3. The summed E-state index contributed by atoms with van der Waals surface area (Å²) in [6, 6.07) is 16.1. The molecule has 134 valence electrons. The molecule has 3 N–H and O–H groups in total. The van der Waals surface area contributed by atoms with Crippen LogP contribution in [0, 0.1) is 0 Å². The fourth-order valence-electron chi connectivity index (χ4n) is 3.34. The van der Waals surface area contributed by atoms with Gasteiger partial charge in [0.15, 0.2) is 0 Å². The molecule has 1 aromatic heterocycles. The number of fused-ring (bicyclic) bond motifs is 1. The van der Waals surface area contributed by atoms with E-state index in [2.05, 4.69) is 27.5 Å². The van der Waals surface area contributed by atoms with E-state index in [4.69, 9.17) is 22.1 Å². The summed E-state index contributed by atoms with van der Waals surface area (Å²) >= 11 is 6.02. The van der Waals surface area contributed by atoms with Gasteiger partial charge in [0.25, 0.3) is 0 Å². The summed E-state index contributed by atoms with van der Waals surface area (Å²) < 4.78 is 7.40. The molecule has 1 aliphatic heterocycles. The maximum Gasteiger partial charge on any atom is 0.241 e. The van der Waals surface area contributed by atoms with Gasteiger partial charge < -0.3 is 15.8 Å². The zero-order valence-electron chi connectivity index (χ0n) is 14.4. The third-order valence-corrected chi connectivity index (χ3v) is 4.81. The summed E-state index contributed by atoms with van der Waals surface area (Å²) in [5, 5.41) is 8.53. The normalized spacial score (nSPS) is 18.8. The Labute approximate surface area is 156 Å².